The van der Waals surface area contributed by atoms with Gasteiger partial charge in [0.2, 0.25) is 16.0 Å². The van der Waals surface area contributed by atoms with E-state index in [0.717, 1.165) is 19.3 Å². The molecule has 2 heterocycles. The highest BCUT2D eigenvalue weighted by molar-refractivity contribution is 7.89. The van der Waals surface area contributed by atoms with Crippen LogP contribution in [0.25, 0.3) is 0 Å². The Balaban J connectivity index is 2.30. The molecule has 0 aromatic carbocycles. The summed E-state index contributed by atoms with van der Waals surface area (Å²) in [5, 5.41) is 12.2. The smallest absolute Gasteiger partial charge is 0.246 e. The van der Waals surface area contributed by atoms with Crippen LogP contribution < -0.4 is 5.32 Å². The molecule has 112 valence electrons. The van der Waals surface area contributed by atoms with Crippen molar-refractivity contribution in [1.82, 2.24) is 14.3 Å². The summed E-state index contributed by atoms with van der Waals surface area (Å²) in [4.78, 5) is 7.95. The average molecular weight is 300 g/mol. The molecule has 1 aliphatic heterocycles. The molecule has 1 saturated heterocycles. The number of rotatable bonds is 4. The van der Waals surface area contributed by atoms with Crippen LogP contribution in [0, 0.1) is 0 Å². The van der Waals surface area contributed by atoms with E-state index >= 15 is 0 Å². The van der Waals surface area contributed by atoms with E-state index in [1.54, 1.807) is 7.05 Å². The van der Waals surface area contributed by atoms with E-state index in [0.29, 0.717) is 18.9 Å². The fourth-order valence-electron chi connectivity index (χ4n) is 2.36. The van der Waals surface area contributed by atoms with E-state index in [9.17, 15) is 13.5 Å². The molecular weight excluding hydrogens is 280 g/mol. The molecule has 7 nitrogen and oxygen atoms in total. The van der Waals surface area contributed by atoms with Gasteiger partial charge in [-0.2, -0.15) is 4.31 Å². The Hall–Kier alpha value is -1.25. The number of hydrogen-bond donors (Lipinski definition) is 2. The lowest BCUT2D eigenvalue weighted by atomic mass is 10.1. The monoisotopic (exact) mass is 300 g/mol. The minimum absolute atomic E-state index is 0.0665. The van der Waals surface area contributed by atoms with Crippen molar-refractivity contribution in [1.29, 1.82) is 0 Å². The highest BCUT2D eigenvalue weighted by Gasteiger charge is 2.32. The number of aromatic nitrogens is 2. The second-order valence-electron chi connectivity index (χ2n) is 4.79. The van der Waals surface area contributed by atoms with Gasteiger partial charge in [-0.05, 0) is 12.8 Å². The molecule has 0 radical (unpaired) electrons. The van der Waals surface area contributed by atoms with Gasteiger partial charge in [0.1, 0.15) is 4.90 Å². The Morgan fingerprint density at radius 3 is 2.65 bits per heavy atom. The quantitative estimate of drug-likeness (QED) is 0.838. The molecule has 2 rings (SSSR count). The van der Waals surface area contributed by atoms with Crippen LogP contribution in [0.4, 0.5) is 5.95 Å². The van der Waals surface area contributed by atoms with Crippen molar-refractivity contribution in [2.75, 3.05) is 25.5 Å². The second kappa shape index (κ2) is 6.47. The molecule has 0 saturated carbocycles. The summed E-state index contributed by atoms with van der Waals surface area (Å²) in [6.07, 6.45) is 6.02. The van der Waals surface area contributed by atoms with Crippen LogP contribution in [0.2, 0.25) is 0 Å². The molecule has 1 aliphatic rings. The highest BCUT2D eigenvalue weighted by atomic mass is 32.2. The predicted octanol–water partition coefficient (Wildman–Crippen LogP) is 0.444. The van der Waals surface area contributed by atoms with Crippen LogP contribution in [0.1, 0.15) is 25.7 Å². The lowest BCUT2D eigenvalue weighted by molar-refractivity contribution is 0.186. The van der Waals surface area contributed by atoms with E-state index in [2.05, 4.69) is 15.3 Å². The second-order valence-corrected chi connectivity index (χ2v) is 6.68. The molecule has 1 aromatic heterocycles. The molecule has 1 aromatic rings. The zero-order chi connectivity index (χ0) is 14.6. The van der Waals surface area contributed by atoms with Crippen molar-refractivity contribution in [3.63, 3.8) is 0 Å². The van der Waals surface area contributed by atoms with Crippen LogP contribution in [-0.2, 0) is 10.0 Å². The number of sulfonamides is 1. The van der Waals surface area contributed by atoms with Gasteiger partial charge in [-0.15, -0.1) is 0 Å². The van der Waals surface area contributed by atoms with Crippen molar-refractivity contribution in [3.05, 3.63) is 12.4 Å². The summed E-state index contributed by atoms with van der Waals surface area (Å²) in [5.74, 6) is 0.374. The lowest BCUT2D eigenvalue weighted by Crippen LogP contribution is -2.42. The number of hydrogen-bond acceptors (Lipinski definition) is 6. The number of nitrogens with one attached hydrogen (secondary N) is 1. The van der Waals surface area contributed by atoms with Crippen LogP contribution >= 0.6 is 0 Å². The fourth-order valence-corrected chi connectivity index (χ4v) is 3.94. The van der Waals surface area contributed by atoms with Crippen molar-refractivity contribution in [3.8, 4) is 0 Å². The molecule has 1 fully saturated rings. The van der Waals surface area contributed by atoms with Gasteiger partial charge in [0.25, 0.3) is 0 Å². The summed E-state index contributed by atoms with van der Waals surface area (Å²) in [6, 6.07) is -0.355. The maximum absolute atomic E-state index is 12.6. The summed E-state index contributed by atoms with van der Waals surface area (Å²) in [6.45, 7) is 0.274. The van der Waals surface area contributed by atoms with E-state index in [1.807, 2.05) is 0 Å². The molecule has 0 bridgehead atoms. The van der Waals surface area contributed by atoms with E-state index in [4.69, 9.17) is 0 Å². The van der Waals surface area contributed by atoms with E-state index in [1.165, 1.54) is 16.7 Å². The molecule has 8 heteroatoms. The molecular formula is C12H20N4O3S. The van der Waals surface area contributed by atoms with Gasteiger partial charge in [0, 0.05) is 19.6 Å². The maximum atomic E-state index is 12.6. The third kappa shape index (κ3) is 3.08. The summed E-state index contributed by atoms with van der Waals surface area (Å²) in [7, 11) is -1.98. The number of anilines is 1. The van der Waals surface area contributed by atoms with Gasteiger partial charge < -0.3 is 10.4 Å². The van der Waals surface area contributed by atoms with Crippen LogP contribution in [0.3, 0.4) is 0 Å². The summed E-state index contributed by atoms with van der Waals surface area (Å²) < 4.78 is 26.6. The first-order valence-corrected chi connectivity index (χ1v) is 8.16. The van der Waals surface area contributed by atoms with Gasteiger partial charge in [-0.3, -0.25) is 0 Å². The van der Waals surface area contributed by atoms with Crippen molar-refractivity contribution < 1.29 is 13.5 Å². The minimum atomic E-state index is -3.65. The van der Waals surface area contributed by atoms with Gasteiger partial charge in [0.05, 0.1) is 19.0 Å². The SMILES string of the molecule is CNc1ncc(S(=O)(=O)N2CCCCCC2CO)cn1. The number of aliphatic hydroxyl groups is 1. The Morgan fingerprint density at radius 1 is 1.35 bits per heavy atom. The molecule has 1 atom stereocenters. The predicted molar refractivity (Wildman–Crippen MR) is 74.8 cm³/mol. The molecule has 20 heavy (non-hydrogen) atoms. The standard InChI is InChI=1S/C12H20N4O3S/c1-13-12-14-7-11(8-15-12)20(18,19)16-6-4-2-3-5-10(16)9-17/h7-8,10,17H,2-6,9H2,1H3,(H,13,14,15). The number of aliphatic hydroxyl groups excluding tert-OH is 1. The normalized spacial score (nSPS) is 21.4. The lowest BCUT2D eigenvalue weighted by Gasteiger charge is -2.27. The van der Waals surface area contributed by atoms with Crippen molar-refractivity contribution in [2.24, 2.45) is 0 Å². The Morgan fingerprint density at radius 2 is 2.05 bits per heavy atom. The minimum Gasteiger partial charge on any atom is -0.395 e. The largest absolute Gasteiger partial charge is 0.395 e. The topological polar surface area (TPSA) is 95.4 Å². The Kier molecular flexibility index (Phi) is 4.90. The van der Waals surface area contributed by atoms with Crippen molar-refractivity contribution >= 4 is 16.0 Å². The highest BCUT2D eigenvalue weighted by Crippen LogP contribution is 2.24. The molecule has 1 unspecified atom stereocenters. The number of nitrogens with zero attached hydrogens (tertiary/aromatic N) is 3. The first kappa shape index (κ1) is 15.1. The zero-order valence-electron chi connectivity index (χ0n) is 11.5. The molecule has 0 aliphatic carbocycles. The van der Waals surface area contributed by atoms with Gasteiger partial charge in [-0.25, -0.2) is 18.4 Å². The van der Waals surface area contributed by atoms with Gasteiger partial charge in [-0.1, -0.05) is 12.8 Å². The third-order valence-electron chi connectivity index (χ3n) is 3.49. The fraction of sp³-hybridized carbons (Fsp3) is 0.667. The van der Waals surface area contributed by atoms with Crippen LogP contribution in [-0.4, -0.2) is 54.0 Å². The van der Waals surface area contributed by atoms with Crippen molar-refractivity contribution in [2.45, 2.75) is 36.6 Å². The zero-order valence-corrected chi connectivity index (χ0v) is 12.3. The summed E-state index contributed by atoms with van der Waals surface area (Å²) >= 11 is 0. The van der Waals surface area contributed by atoms with Crippen LogP contribution in [0.15, 0.2) is 17.3 Å². The molecule has 2 N–H and O–H groups in total. The average Bonchev–Trinajstić information content (AvgIpc) is 2.73. The summed E-state index contributed by atoms with van der Waals surface area (Å²) in [5.41, 5.74) is 0. The van der Waals surface area contributed by atoms with E-state index < -0.39 is 10.0 Å². The van der Waals surface area contributed by atoms with Crippen LogP contribution in [0.5, 0.6) is 0 Å². The Labute approximate surface area is 119 Å². The molecule has 0 spiro atoms. The first-order chi connectivity index (χ1) is 9.59. The third-order valence-corrected chi connectivity index (χ3v) is 5.40. The maximum Gasteiger partial charge on any atom is 0.246 e. The van der Waals surface area contributed by atoms with E-state index in [-0.39, 0.29) is 17.5 Å². The van der Waals surface area contributed by atoms with Gasteiger partial charge >= 0.3 is 0 Å². The van der Waals surface area contributed by atoms with Gasteiger partial charge in [0.15, 0.2) is 0 Å². The Bertz CT molecular complexity index is 532. The molecule has 0 amide bonds. The first-order valence-electron chi connectivity index (χ1n) is 6.72.